The Morgan fingerprint density at radius 1 is 1.04 bits per heavy atom. The SMILES string of the molecule is CN(C)CCN(C(=O)c1cccc2ccccc12)C1CCOCC1. The van der Waals surface area contributed by atoms with Gasteiger partial charge in [0.2, 0.25) is 0 Å². The van der Waals surface area contributed by atoms with Crippen LogP contribution in [0.1, 0.15) is 23.2 Å². The van der Waals surface area contributed by atoms with Crippen LogP contribution in [-0.2, 0) is 4.74 Å². The lowest BCUT2D eigenvalue weighted by Crippen LogP contribution is -2.46. The molecule has 0 aliphatic carbocycles. The van der Waals surface area contributed by atoms with Crippen molar-refractivity contribution in [3.05, 3.63) is 48.0 Å². The maximum Gasteiger partial charge on any atom is 0.254 e. The molecule has 1 heterocycles. The summed E-state index contributed by atoms with van der Waals surface area (Å²) in [6, 6.07) is 14.4. The minimum absolute atomic E-state index is 0.139. The van der Waals surface area contributed by atoms with Crippen LogP contribution in [0, 0.1) is 0 Å². The standard InChI is InChI=1S/C20H26N2O2/c1-21(2)12-13-22(17-10-14-24-15-11-17)20(23)19-9-5-7-16-6-3-4-8-18(16)19/h3-9,17H,10-15H2,1-2H3. The van der Waals surface area contributed by atoms with E-state index in [0.717, 1.165) is 55.5 Å². The fraction of sp³-hybridized carbons (Fsp3) is 0.450. The van der Waals surface area contributed by atoms with Gasteiger partial charge < -0.3 is 14.5 Å². The Labute approximate surface area is 144 Å². The van der Waals surface area contributed by atoms with E-state index in [0.29, 0.717) is 0 Å². The van der Waals surface area contributed by atoms with Gasteiger partial charge in [0.1, 0.15) is 0 Å². The topological polar surface area (TPSA) is 32.8 Å². The number of hydrogen-bond acceptors (Lipinski definition) is 3. The van der Waals surface area contributed by atoms with Crippen LogP contribution < -0.4 is 0 Å². The molecule has 1 fully saturated rings. The molecular formula is C20H26N2O2. The molecule has 1 aliphatic heterocycles. The van der Waals surface area contributed by atoms with E-state index in [1.807, 2.05) is 44.4 Å². The molecule has 2 aromatic carbocycles. The number of benzene rings is 2. The van der Waals surface area contributed by atoms with E-state index < -0.39 is 0 Å². The van der Waals surface area contributed by atoms with E-state index in [1.54, 1.807) is 0 Å². The van der Waals surface area contributed by atoms with Crippen molar-refractivity contribution in [2.24, 2.45) is 0 Å². The van der Waals surface area contributed by atoms with Crippen LogP contribution in [0.2, 0.25) is 0 Å². The molecule has 4 nitrogen and oxygen atoms in total. The minimum atomic E-state index is 0.139. The van der Waals surface area contributed by atoms with Gasteiger partial charge in [0, 0.05) is 37.9 Å². The lowest BCUT2D eigenvalue weighted by Gasteiger charge is -2.35. The number of ether oxygens (including phenoxy) is 1. The van der Waals surface area contributed by atoms with Crippen molar-refractivity contribution in [1.82, 2.24) is 9.80 Å². The molecule has 0 atom stereocenters. The number of carbonyl (C=O) groups is 1. The van der Waals surface area contributed by atoms with Gasteiger partial charge in [0.25, 0.3) is 5.91 Å². The van der Waals surface area contributed by atoms with E-state index in [4.69, 9.17) is 4.74 Å². The molecule has 128 valence electrons. The van der Waals surface area contributed by atoms with Crippen molar-refractivity contribution in [3.8, 4) is 0 Å². The Morgan fingerprint density at radius 2 is 1.75 bits per heavy atom. The zero-order chi connectivity index (χ0) is 16.9. The zero-order valence-electron chi connectivity index (χ0n) is 14.6. The summed E-state index contributed by atoms with van der Waals surface area (Å²) in [5.41, 5.74) is 0.804. The smallest absolute Gasteiger partial charge is 0.254 e. The summed E-state index contributed by atoms with van der Waals surface area (Å²) in [5, 5.41) is 2.15. The van der Waals surface area contributed by atoms with Gasteiger partial charge in [-0.2, -0.15) is 0 Å². The van der Waals surface area contributed by atoms with Gasteiger partial charge in [-0.3, -0.25) is 4.79 Å². The Morgan fingerprint density at radius 3 is 2.50 bits per heavy atom. The second-order valence-corrected chi connectivity index (χ2v) is 6.67. The molecule has 3 rings (SSSR count). The van der Waals surface area contributed by atoms with Crippen LogP contribution in [0.5, 0.6) is 0 Å². The Balaban J connectivity index is 1.91. The Hall–Kier alpha value is -1.91. The second kappa shape index (κ2) is 7.77. The van der Waals surface area contributed by atoms with Crippen molar-refractivity contribution >= 4 is 16.7 Å². The highest BCUT2D eigenvalue weighted by atomic mass is 16.5. The number of likely N-dealkylation sites (N-methyl/N-ethyl adjacent to an activating group) is 1. The molecule has 0 aromatic heterocycles. The first-order valence-corrected chi connectivity index (χ1v) is 8.68. The highest BCUT2D eigenvalue weighted by Gasteiger charge is 2.27. The number of hydrogen-bond donors (Lipinski definition) is 0. The molecule has 2 aromatic rings. The van der Waals surface area contributed by atoms with Crippen molar-refractivity contribution in [2.45, 2.75) is 18.9 Å². The number of carbonyl (C=O) groups excluding carboxylic acids is 1. The average Bonchev–Trinajstić information content (AvgIpc) is 2.62. The first-order chi connectivity index (χ1) is 11.7. The van der Waals surface area contributed by atoms with Crippen molar-refractivity contribution in [1.29, 1.82) is 0 Å². The van der Waals surface area contributed by atoms with Gasteiger partial charge in [-0.15, -0.1) is 0 Å². The van der Waals surface area contributed by atoms with Crippen molar-refractivity contribution in [2.75, 3.05) is 40.4 Å². The predicted molar refractivity (Wildman–Crippen MR) is 97.4 cm³/mol. The predicted octanol–water partition coefficient (Wildman–Crippen LogP) is 3.02. The second-order valence-electron chi connectivity index (χ2n) is 6.67. The molecule has 1 amide bonds. The van der Waals surface area contributed by atoms with E-state index in [-0.39, 0.29) is 11.9 Å². The molecule has 0 N–H and O–H groups in total. The number of fused-ring (bicyclic) bond motifs is 1. The quantitative estimate of drug-likeness (QED) is 0.847. The monoisotopic (exact) mass is 326 g/mol. The largest absolute Gasteiger partial charge is 0.381 e. The molecule has 24 heavy (non-hydrogen) atoms. The van der Waals surface area contributed by atoms with Gasteiger partial charge >= 0.3 is 0 Å². The Bertz CT molecular complexity index is 688. The van der Waals surface area contributed by atoms with E-state index in [9.17, 15) is 4.79 Å². The average molecular weight is 326 g/mol. The lowest BCUT2D eigenvalue weighted by molar-refractivity contribution is 0.0277. The zero-order valence-corrected chi connectivity index (χ0v) is 14.6. The first-order valence-electron chi connectivity index (χ1n) is 8.68. The van der Waals surface area contributed by atoms with Gasteiger partial charge in [-0.1, -0.05) is 36.4 Å². The molecule has 1 aliphatic rings. The molecule has 4 heteroatoms. The summed E-state index contributed by atoms with van der Waals surface area (Å²) in [7, 11) is 4.09. The highest BCUT2D eigenvalue weighted by Crippen LogP contribution is 2.23. The summed E-state index contributed by atoms with van der Waals surface area (Å²) >= 11 is 0. The fourth-order valence-electron chi connectivity index (χ4n) is 3.32. The first kappa shape index (κ1) is 16.9. The van der Waals surface area contributed by atoms with E-state index in [2.05, 4.69) is 21.9 Å². The summed E-state index contributed by atoms with van der Waals surface area (Å²) in [4.78, 5) is 17.5. The molecule has 1 saturated heterocycles. The van der Waals surface area contributed by atoms with Crippen LogP contribution in [0.3, 0.4) is 0 Å². The number of rotatable bonds is 5. The van der Waals surface area contributed by atoms with Crippen molar-refractivity contribution in [3.63, 3.8) is 0 Å². The van der Waals surface area contributed by atoms with Crippen LogP contribution in [0.25, 0.3) is 10.8 Å². The van der Waals surface area contributed by atoms with E-state index >= 15 is 0 Å². The van der Waals surface area contributed by atoms with Crippen LogP contribution >= 0.6 is 0 Å². The summed E-state index contributed by atoms with van der Waals surface area (Å²) in [6.07, 6.45) is 1.84. The minimum Gasteiger partial charge on any atom is -0.381 e. The van der Waals surface area contributed by atoms with Crippen molar-refractivity contribution < 1.29 is 9.53 Å². The third-order valence-corrected chi connectivity index (χ3v) is 4.70. The highest BCUT2D eigenvalue weighted by molar-refractivity contribution is 6.07. The van der Waals surface area contributed by atoms with Gasteiger partial charge in [-0.05, 0) is 43.8 Å². The third kappa shape index (κ3) is 3.77. The Kier molecular flexibility index (Phi) is 5.48. The van der Waals surface area contributed by atoms with Crippen LogP contribution in [0.4, 0.5) is 0 Å². The lowest BCUT2D eigenvalue weighted by atomic mass is 10.0. The van der Waals surface area contributed by atoms with Gasteiger partial charge in [-0.25, -0.2) is 0 Å². The van der Waals surface area contributed by atoms with E-state index in [1.165, 1.54) is 0 Å². The fourth-order valence-corrected chi connectivity index (χ4v) is 3.32. The number of amides is 1. The summed E-state index contributed by atoms with van der Waals surface area (Å²) < 4.78 is 5.48. The van der Waals surface area contributed by atoms with Gasteiger partial charge in [0.15, 0.2) is 0 Å². The summed E-state index contributed by atoms with van der Waals surface area (Å²) in [6.45, 7) is 3.10. The van der Waals surface area contributed by atoms with Crippen LogP contribution in [0.15, 0.2) is 42.5 Å². The molecule has 0 radical (unpaired) electrons. The molecule has 0 spiro atoms. The maximum atomic E-state index is 13.3. The number of nitrogens with zero attached hydrogens (tertiary/aromatic N) is 2. The molecular weight excluding hydrogens is 300 g/mol. The molecule has 0 unspecified atom stereocenters. The maximum absolute atomic E-state index is 13.3. The van der Waals surface area contributed by atoms with Gasteiger partial charge in [0.05, 0.1) is 0 Å². The van der Waals surface area contributed by atoms with Crippen LogP contribution in [-0.4, -0.2) is 62.1 Å². The molecule has 0 bridgehead atoms. The normalized spacial score (nSPS) is 15.8. The summed E-state index contributed by atoms with van der Waals surface area (Å²) in [5.74, 6) is 0.139. The third-order valence-electron chi connectivity index (χ3n) is 4.70. The molecule has 0 saturated carbocycles.